The van der Waals surface area contributed by atoms with Gasteiger partial charge in [0.05, 0.1) is 40.7 Å². The maximum absolute atomic E-state index is 5.74. The minimum absolute atomic E-state index is 0.817. The van der Waals surface area contributed by atoms with E-state index in [1.807, 2.05) is 30.6 Å². The number of anilines is 1. The van der Waals surface area contributed by atoms with Crippen LogP contribution in [-0.4, -0.2) is 59.6 Å². The van der Waals surface area contributed by atoms with Crippen LogP contribution in [0.2, 0.25) is 0 Å². The molecule has 6 rings (SSSR count). The van der Waals surface area contributed by atoms with E-state index < -0.39 is 0 Å². The SMILES string of the molecule is CNc1cc(-c2n[nH]c3c2Cc2sc(-c4ccc(CN5CCOCC5)cn4)cc2-3)ccc1C=[NH2+]. The Labute approximate surface area is 202 Å². The van der Waals surface area contributed by atoms with Crippen LogP contribution in [0.15, 0.2) is 42.6 Å². The maximum atomic E-state index is 5.74. The molecule has 0 spiro atoms. The van der Waals surface area contributed by atoms with Crippen molar-refractivity contribution < 1.29 is 10.1 Å². The Morgan fingerprint density at radius 1 is 1.21 bits per heavy atom. The quantitative estimate of drug-likeness (QED) is 0.331. The molecular weight excluding hydrogens is 444 g/mol. The first-order valence-corrected chi connectivity index (χ1v) is 12.4. The summed E-state index contributed by atoms with van der Waals surface area (Å²) < 4.78 is 5.44. The van der Waals surface area contributed by atoms with E-state index in [0.717, 1.165) is 73.2 Å². The lowest BCUT2D eigenvalue weighted by Gasteiger charge is -2.26. The highest BCUT2D eigenvalue weighted by atomic mass is 32.1. The van der Waals surface area contributed by atoms with E-state index in [9.17, 15) is 0 Å². The van der Waals surface area contributed by atoms with Crippen molar-refractivity contribution in [1.29, 1.82) is 0 Å². The number of rotatable bonds is 6. The Hall–Kier alpha value is -3.33. The minimum atomic E-state index is 0.817. The average Bonchev–Trinajstić information content (AvgIpc) is 3.56. The first-order chi connectivity index (χ1) is 16.7. The molecule has 7 nitrogen and oxygen atoms in total. The predicted octanol–water partition coefficient (Wildman–Crippen LogP) is 2.82. The highest BCUT2D eigenvalue weighted by Crippen LogP contribution is 2.46. The molecule has 1 aliphatic heterocycles. The van der Waals surface area contributed by atoms with Crippen LogP contribution in [0.4, 0.5) is 5.69 Å². The minimum Gasteiger partial charge on any atom is -0.387 e. The number of thiophene rings is 1. The van der Waals surface area contributed by atoms with Crippen molar-refractivity contribution in [1.82, 2.24) is 20.1 Å². The fourth-order valence-corrected chi connectivity index (χ4v) is 5.96. The molecule has 0 radical (unpaired) electrons. The normalized spacial score (nSPS) is 15.2. The second kappa shape index (κ2) is 8.79. The largest absolute Gasteiger partial charge is 0.387 e. The smallest absolute Gasteiger partial charge is 0.169 e. The second-order valence-corrected chi connectivity index (χ2v) is 9.85. The monoisotopic (exact) mass is 471 g/mol. The zero-order valence-electron chi connectivity index (χ0n) is 19.1. The molecule has 1 aliphatic carbocycles. The van der Waals surface area contributed by atoms with Gasteiger partial charge in [-0.15, -0.1) is 11.3 Å². The number of aromatic amines is 1. The molecule has 4 heterocycles. The Bertz CT molecular complexity index is 1350. The van der Waals surface area contributed by atoms with E-state index in [2.05, 4.69) is 50.7 Å². The van der Waals surface area contributed by atoms with Crippen molar-refractivity contribution in [2.75, 3.05) is 38.7 Å². The highest BCUT2D eigenvalue weighted by Gasteiger charge is 2.28. The fourth-order valence-electron chi connectivity index (χ4n) is 4.80. The number of nitrogens with one attached hydrogen (secondary N) is 2. The zero-order valence-corrected chi connectivity index (χ0v) is 19.9. The molecule has 4 N–H and O–H groups in total. The molecule has 2 aliphatic rings. The number of ether oxygens (including phenoxy) is 1. The summed E-state index contributed by atoms with van der Waals surface area (Å²) >= 11 is 1.82. The fraction of sp³-hybridized carbons (Fsp3) is 0.269. The lowest BCUT2D eigenvalue weighted by Crippen LogP contribution is -2.35. The van der Waals surface area contributed by atoms with Crippen molar-refractivity contribution >= 4 is 23.2 Å². The van der Waals surface area contributed by atoms with Crippen LogP contribution in [0.5, 0.6) is 0 Å². The third-order valence-electron chi connectivity index (χ3n) is 6.65. The summed E-state index contributed by atoms with van der Waals surface area (Å²) in [5, 5.41) is 16.9. The summed E-state index contributed by atoms with van der Waals surface area (Å²) in [6.07, 6.45) is 4.51. The lowest BCUT2D eigenvalue weighted by molar-refractivity contribution is -0.104. The van der Waals surface area contributed by atoms with Gasteiger partial charge in [-0.25, -0.2) is 0 Å². The molecule has 0 bridgehead atoms. The Morgan fingerprint density at radius 2 is 2.09 bits per heavy atom. The average molecular weight is 472 g/mol. The number of pyridine rings is 1. The van der Waals surface area contributed by atoms with Gasteiger partial charge in [-0.2, -0.15) is 5.10 Å². The number of nitrogens with zero attached hydrogens (tertiary/aromatic N) is 3. The van der Waals surface area contributed by atoms with Crippen molar-refractivity contribution in [3.05, 3.63) is 64.2 Å². The summed E-state index contributed by atoms with van der Waals surface area (Å²) in [6.45, 7) is 4.53. The molecular formula is C26H27N6OS+. The van der Waals surface area contributed by atoms with Crippen molar-refractivity contribution in [2.24, 2.45) is 0 Å². The van der Waals surface area contributed by atoms with Crippen molar-refractivity contribution in [3.63, 3.8) is 0 Å². The molecule has 0 unspecified atom stereocenters. The van der Waals surface area contributed by atoms with E-state index in [1.54, 1.807) is 6.21 Å². The summed E-state index contributed by atoms with van der Waals surface area (Å²) in [4.78, 5) is 9.75. The predicted molar refractivity (Wildman–Crippen MR) is 136 cm³/mol. The molecule has 0 amide bonds. The van der Waals surface area contributed by atoms with E-state index in [1.165, 1.54) is 26.4 Å². The molecule has 1 fully saturated rings. The van der Waals surface area contributed by atoms with Gasteiger partial charge in [0.25, 0.3) is 0 Å². The van der Waals surface area contributed by atoms with Gasteiger partial charge in [-0.1, -0.05) is 12.1 Å². The van der Waals surface area contributed by atoms with Crippen LogP contribution in [0.3, 0.4) is 0 Å². The number of morpholine rings is 1. The number of hydrogen-bond acceptors (Lipinski definition) is 6. The summed E-state index contributed by atoms with van der Waals surface area (Å²) in [5.74, 6) is 0. The van der Waals surface area contributed by atoms with Crippen LogP contribution in [0.25, 0.3) is 33.1 Å². The molecule has 1 saturated heterocycles. The van der Waals surface area contributed by atoms with Gasteiger partial charge in [0, 0.05) is 66.6 Å². The molecule has 4 aromatic rings. The first-order valence-electron chi connectivity index (χ1n) is 11.6. The van der Waals surface area contributed by atoms with Crippen LogP contribution in [-0.2, 0) is 17.7 Å². The summed E-state index contributed by atoms with van der Waals surface area (Å²) in [7, 11) is 1.91. The van der Waals surface area contributed by atoms with Crippen molar-refractivity contribution in [2.45, 2.75) is 13.0 Å². The van der Waals surface area contributed by atoms with Crippen LogP contribution >= 0.6 is 11.3 Å². The molecule has 8 heteroatoms. The molecule has 172 valence electrons. The summed E-state index contributed by atoms with van der Waals surface area (Å²) in [6, 6.07) is 12.8. The van der Waals surface area contributed by atoms with E-state index >= 15 is 0 Å². The second-order valence-electron chi connectivity index (χ2n) is 8.71. The number of aromatic nitrogens is 3. The van der Waals surface area contributed by atoms with Gasteiger partial charge >= 0.3 is 0 Å². The Balaban J connectivity index is 1.24. The standard InChI is InChI=1S/C26H26N6OS/c1-28-22-10-17(3-4-18(22)13-27)25-20-12-23-19(26(20)31-30-25)11-24(34-23)21-5-2-16(14-29-21)15-32-6-8-33-9-7-32/h2-5,10-11,13-14,27-28H,6-9,12,15H2,1H3,(H,30,31)/p+1. The van der Waals surface area contributed by atoms with E-state index in [-0.39, 0.29) is 0 Å². The Kier molecular flexibility index (Phi) is 5.49. The highest BCUT2D eigenvalue weighted by molar-refractivity contribution is 7.16. The topological polar surface area (TPSA) is 91.7 Å². The van der Waals surface area contributed by atoms with E-state index in [4.69, 9.17) is 15.1 Å². The van der Waals surface area contributed by atoms with Crippen molar-refractivity contribution in [3.8, 4) is 33.1 Å². The molecule has 1 aromatic carbocycles. The van der Waals surface area contributed by atoms with E-state index in [0.29, 0.717) is 0 Å². The number of fused-ring (bicyclic) bond motifs is 3. The zero-order chi connectivity index (χ0) is 23.1. The first kappa shape index (κ1) is 21.2. The Morgan fingerprint density at radius 3 is 2.85 bits per heavy atom. The maximum Gasteiger partial charge on any atom is 0.169 e. The van der Waals surface area contributed by atoms with Crippen LogP contribution in [0.1, 0.15) is 21.6 Å². The van der Waals surface area contributed by atoms with Gasteiger partial charge in [-0.3, -0.25) is 20.4 Å². The lowest BCUT2D eigenvalue weighted by atomic mass is 10.0. The van der Waals surface area contributed by atoms with Crippen LogP contribution in [0, 0.1) is 0 Å². The molecule has 34 heavy (non-hydrogen) atoms. The number of benzene rings is 1. The third kappa shape index (κ3) is 3.73. The third-order valence-corrected chi connectivity index (χ3v) is 7.80. The van der Waals surface area contributed by atoms with Gasteiger partial charge in [0.1, 0.15) is 0 Å². The molecule has 0 saturated carbocycles. The van der Waals surface area contributed by atoms with Gasteiger partial charge in [0.2, 0.25) is 0 Å². The number of H-pyrrole nitrogens is 1. The van der Waals surface area contributed by atoms with Gasteiger partial charge in [0.15, 0.2) is 6.21 Å². The number of hydrogen-bond donors (Lipinski definition) is 3. The number of nitrogens with two attached hydrogens (primary N) is 1. The molecule has 3 aromatic heterocycles. The van der Waals surface area contributed by atoms with Gasteiger partial charge in [-0.05, 0) is 29.8 Å². The van der Waals surface area contributed by atoms with Crippen LogP contribution < -0.4 is 10.7 Å². The molecule has 0 atom stereocenters. The van der Waals surface area contributed by atoms with Gasteiger partial charge < -0.3 is 10.1 Å². The summed E-state index contributed by atoms with van der Waals surface area (Å²) in [5.41, 5.74) is 9.96.